The number of aliphatic hydroxyl groups is 1. The highest BCUT2D eigenvalue weighted by atomic mass is 19.4. The third-order valence-corrected chi connectivity index (χ3v) is 2.93. The highest BCUT2D eigenvalue weighted by Gasteiger charge is 2.68. The van der Waals surface area contributed by atoms with Crippen LogP contribution in [0.15, 0.2) is 0 Å². The SMILES string of the molecule is CCOC1(OCC)CC(CO)(C(F)(F)F)C1. The summed E-state index contributed by atoms with van der Waals surface area (Å²) in [5.41, 5.74) is -2.06. The van der Waals surface area contributed by atoms with Gasteiger partial charge in [-0.15, -0.1) is 0 Å². The maximum atomic E-state index is 12.7. The van der Waals surface area contributed by atoms with Crippen molar-refractivity contribution in [1.82, 2.24) is 0 Å². The predicted molar refractivity (Wildman–Crippen MR) is 50.8 cm³/mol. The molecule has 0 radical (unpaired) electrons. The molecule has 96 valence electrons. The van der Waals surface area contributed by atoms with Gasteiger partial charge in [0.1, 0.15) is 0 Å². The Balaban J connectivity index is 2.73. The zero-order chi connectivity index (χ0) is 12.4. The Labute approximate surface area is 92.5 Å². The van der Waals surface area contributed by atoms with Gasteiger partial charge in [0.05, 0.1) is 12.0 Å². The van der Waals surface area contributed by atoms with Gasteiger partial charge in [-0.25, -0.2) is 0 Å². The van der Waals surface area contributed by atoms with Crippen LogP contribution >= 0.6 is 0 Å². The predicted octanol–water partition coefficient (Wildman–Crippen LogP) is 2.09. The van der Waals surface area contributed by atoms with Crippen LogP contribution in [0.2, 0.25) is 0 Å². The minimum atomic E-state index is -4.42. The molecule has 6 heteroatoms. The van der Waals surface area contributed by atoms with Crippen molar-refractivity contribution in [1.29, 1.82) is 0 Å². The van der Waals surface area contributed by atoms with Crippen molar-refractivity contribution in [3.8, 4) is 0 Å². The van der Waals surface area contributed by atoms with E-state index in [1.165, 1.54) is 0 Å². The van der Waals surface area contributed by atoms with Gasteiger partial charge in [0, 0.05) is 26.1 Å². The third kappa shape index (κ3) is 2.19. The van der Waals surface area contributed by atoms with Gasteiger partial charge in [0.25, 0.3) is 0 Å². The Morgan fingerprint density at radius 2 is 1.56 bits per heavy atom. The molecule has 0 unspecified atom stereocenters. The van der Waals surface area contributed by atoms with Crippen LogP contribution in [0.4, 0.5) is 13.2 Å². The summed E-state index contributed by atoms with van der Waals surface area (Å²) in [4.78, 5) is 0. The third-order valence-electron chi connectivity index (χ3n) is 2.93. The summed E-state index contributed by atoms with van der Waals surface area (Å²) in [6.07, 6.45) is -5.08. The van der Waals surface area contributed by atoms with E-state index in [9.17, 15) is 13.2 Å². The Kier molecular flexibility index (Phi) is 3.87. The molecular formula is C10H17F3O3. The topological polar surface area (TPSA) is 38.7 Å². The fraction of sp³-hybridized carbons (Fsp3) is 1.00. The highest BCUT2D eigenvalue weighted by Crippen LogP contribution is 2.59. The molecule has 1 aliphatic rings. The van der Waals surface area contributed by atoms with E-state index in [-0.39, 0.29) is 12.8 Å². The van der Waals surface area contributed by atoms with E-state index in [4.69, 9.17) is 14.6 Å². The lowest BCUT2D eigenvalue weighted by Crippen LogP contribution is -2.63. The van der Waals surface area contributed by atoms with Crippen molar-refractivity contribution >= 4 is 0 Å². The summed E-state index contributed by atoms with van der Waals surface area (Å²) < 4.78 is 48.6. The van der Waals surface area contributed by atoms with Crippen molar-refractivity contribution < 1.29 is 27.8 Å². The number of hydrogen-bond donors (Lipinski definition) is 1. The normalized spacial score (nSPS) is 22.9. The standard InChI is InChI=1S/C10H17F3O3/c1-3-15-9(16-4-2)5-8(6-9,7-14)10(11,12)13/h14H,3-7H2,1-2H3. The summed E-state index contributed by atoms with van der Waals surface area (Å²) >= 11 is 0. The highest BCUT2D eigenvalue weighted by molar-refractivity contribution is 5.04. The molecule has 0 spiro atoms. The molecule has 16 heavy (non-hydrogen) atoms. The van der Waals surface area contributed by atoms with Crippen molar-refractivity contribution in [3.63, 3.8) is 0 Å². The molecule has 0 aliphatic heterocycles. The van der Waals surface area contributed by atoms with Crippen molar-refractivity contribution in [2.45, 2.75) is 38.7 Å². The van der Waals surface area contributed by atoms with Gasteiger partial charge in [-0.1, -0.05) is 0 Å². The van der Waals surface area contributed by atoms with E-state index in [2.05, 4.69) is 0 Å². The van der Waals surface area contributed by atoms with Gasteiger partial charge in [0.2, 0.25) is 0 Å². The first kappa shape index (κ1) is 13.7. The maximum Gasteiger partial charge on any atom is 0.397 e. The van der Waals surface area contributed by atoms with Gasteiger partial charge in [0.15, 0.2) is 5.79 Å². The van der Waals surface area contributed by atoms with Crippen LogP contribution in [0.5, 0.6) is 0 Å². The first-order valence-corrected chi connectivity index (χ1v) is 5.30. The molecule has 0 aromatic heterocycles. The largest absolute Gasteiger partial charge is 0.397 e. The molecule has 3 nitrogen and oxygen atoms in total. The second-order valence-corrected chi connectivity index (χ2v) is 4.07. The van der Waals surface area contributed by atoms with Crippen LogP contribution in [-0.2, 0) is 9.47 Å². The maximum absolute atomic E-state index is 12.7. The number of alkyl halides is 3. The van der Waals surface area contributed by atoms with E-state index < -0.39 is 24.0 Å². The molecule has 1 N–H and O–H groups in total. The van der Waals surface area contributed by atoms with Crippen LogP contribution in [0.3, 0.4) is 0 Å². The molecule has 0 saturated heterocycles. The van der Waals surface area contributed by atoms with Gasteiger partial charge in [-0.2, -0.15) is 13.2 Å². The van der Waals surface area contributed by atoms with E-state index in [1.54, 1.807) is 13.8 Å². The lowest BCUT2D eigenvalue weighted by Gasteiger charge is -2.54. The first-order valence-electron chi connectivity index (χ1n) is 5.30. The van der Waals surface area contributed by atoms with Crippen LogP contribution in [0, 0.1) is 5.41 Å². The van der Waals surface area contributed by atoms with Crippen molar-refractivity contribution in [3.05, 3.63) is 0 Å². The van der Waals surface area contributed by atoms with E-state index in [0.29, 0.717) is 13.2 Å². The molecule has 0 heterocycles. The average molecular weight is 242 g/mol. The summed E-state index contributed by atoms with van der Waals surface area (Å²) in [6.45, 7) is 3.07. The van der Waals surface area contributed by atoms with Crippen LogP contribution in [-0.4, -0.2) is 36.9 Å². The summed E-state index contributed by atoms with van der Waals surface area (Å²) in [6, 6.07) is 0. The van der Waals surface area contributed by atoms with Gasteiger partial charge >= 0.3 is 6.18 Å². The van der Waals surface area contributed by atoms with Crippen molar-refractivity contribution in [2.24, 2.45) is 5.41 Å². The Hall–Kier alpha value is -0.330. The van der Waals surface area contributed by atoms with Gasteiger partial charge < -0.3 is 14.6 Å². The summed E-state index contributed by atoms with van der Waals surface area (Å²) in [5.74, 6) is -1.16. The van der Waals surface area contributed by atoms with Crippen LogP contribution in [0.25, 0.3) is 0 Å². The lowest BCUT2D eigenvalue weighted by molar-refractivity contribution is -0.381. The molecule has 1 aliphatic carbocycles. The van der Waals surface area contributed by atoms with E-state index in [0.717, 1.165) is 0 Å². The Morgan fingerprint density at radius 3 is 1.81 bits per heavy atom. The van der Waals surface area contributed by atoms with Crippen LogP contribution < -0.4 is 0 Å². The number of rotatable bonds is 5. The van der Waals surface area contributed by atoms with Crippen LogP contribution in [0.1, 0.15) is 26.7 Å². The second kappa shape index (κ2) is 4.50. The summed E-state index contributed by atoms with van der Waals surface area (Å²) in [5, 5.41) is 8.91. The lowest BCUT2D eigenvalue weighted by atomic mass is 9.64. The minimum Gasteiger partial charge on any atom is -0.395 e. The number of hydrogen-bond acceptors (Lipinski definition) is 3. The summed E-state index contributed by atoms with van der Waals surface area (Å²) in [7, 11) is 0. The molecule has 0 bridgehead atoms. The molecule has 0 aromatic carbocycles. The molecule has 0 amide bonds. The zero-order valence-electron chi connectivity index (χ0n) is 9.43. The smallest absolute Gasteiger partial charge is 0.395 e. The minimum absolute atomic E-state index is 0.291. The van der Waals surface area contributed by atoms with E-state index >= 15 is 0 Å². The monoisotopic (exact) mass is 242 g/mol. The number of ether oxygens (including phenoxy) is 2. The Morgan fingerprint density at radius 1 is 1.12 bits per heavy atom. The quantitative estimate of drug-likeness (QED) is 0.750. The second-order valence-electron chi connectivity index (χ2n) is 4.07. The average Bonchev–Trinajstić information content (AvgIpc) is 2.11. The Bertz CT molecular complexity index is 226. The van der Waals surface area contributed by atoms with Crippen molar-refractivity contribution in [2.75, 3.05) is 19.8 Å². The molecule has 1 rings (SSSR count). The molecular weight excluding hydrogens is 225 g/mol. The fourth-order valence-electron chi connectivity index (χ4n) is 2.15. The van der Waals surface area contributed by atoms with Gasteiger partial charge in [-0.05, 0) is 13.8 Å². The molecule has 1 saturated carbocycles. The zero-order valence-corrected chi connectivity index (χ0v) is 9.43. The van der Waals surface area contributed by atoms with Gasteiger partial charge in [-0.3, -0.25) is 0 Å². The number of aliphatic hydroxyl groups excluding tert-OH is 1. The molecule has 1 fully saturated rings. The number of halogens is 3. The van der Waals surface area contributed by atoms with E-state index in [1.807, 2.05) is 0 Å². The first-order chi connectivity index (χ1) is 7.35. The molecule has 0 atom stereocenters. The molecule has 0 aromatic rings. The fourth-order valence-corrected chi connectivity index (χ4v) is 2.15.